The molecule has 0 unspecified atom stereocenters. The molecule has 1 aliphatic heterocycles. The smallest absolute Gasteiger partial charge is 0.240 e. The fourth-order valence-electron chi connectivity index (χ4n) is 2.17. The van der Waals surface area contributed by atoms with Crippen LogP contribution in [0.5, 0.6) is 0 Å². The number of piperidine rings is 1. The summed E-state index contributed by atoms with van der Waals surface area (Å²) in [5.41, 5.74) is 5.86. The molecule has 4 heteroatoms. The molecule has 1 amide bonds. The fraction of sp³-hybridized carbons (Fsp3) is 0.923. The van der Waals surface area contributed by atoms with Gasteiger partial charge in [-0.1, -0.05) is 20.8 Å². The predicted octanol–water partition coefficient (Wildman–Crippen LogP) is 0.912. The van der Waals surface area contributed by atoms with Crippen molar-refractivity contribution in [3.05, 3.63) is 0 Å². The number of carbonyl (C=O) groups excluding carboxylic acids is 1. The minimum absolute atomic E-state index is 0.106. The van der Waals surface area contributed by atoms with Crippen LogP contribution in [-0.4, -0.2) is 55.0 Å². The van der Waals surface area contributed by atoms with Crippen LogP contribution in [0.4, 0.5) is 0 Å². The molecule has 1 atom stereocenters. The Balaban J connectivity index is 2.52. The number of rotatable bonds is 2. The van der Waals surface area contributed by atoms with E-state index >= 15 is 0 Å². The first-order valence-electron chi connectivity index (χ1n) is 6.44. The summed E-state index contributed by atoms with van der Waals surface area (Å²) in [6, 6.07) is 0.211. The fourth-order valence-corrected chi connectivity index (χ4v) is 2.17. The van der Waals surface area contributed by atoms with Gasteiger partial charge < -0.3 is 15.5 Å². The minimum atomic E-state index is -0.390. The maximum absolute atomic E-state index is 12.2. The summed E-state index contributed by atoms with van der Waals surface area (Å²) in [6.07, 6.45) is 2.10. The molecule has 0 aromatic carbocycles. The molecule has 0 aliphatic carbocycles. The van der Waals surface area contributed by atoms with E-state index in [9.17, 15) is 4.79 Å². The van der Waals surface area contributed by atoms with Crippen molar-refractivity contribution in [1.82, 2.24) is 9.80 Å². The van der Waals surface area contributed by atoms with E-state index < -0.39 is 6.04 Å². The third kappa shape index (κ3) is 3.68. The molecule has 4 nitrogen and oxygen atoms in total. The van der Waals surface area contributed by atoms with Gasteiger partial charge in [0.15, 0.2) is 0 Å². The van der Waals surface area contributed by atoms with Gasteiger partial charge >= 0.3 is 0 Å². The molecule has 0 saturated carbocycles. The van der Waals surface area contributed by atoms with Crippen LogP contribution >= 0.6 is 0 Å². The van der Waals surface area contributed by atoms with Crippen molar-refractivity contribution in [2.75, 3.05) is 27.2 Å². The summed E-state index contributed by atoms with van der Waals surface area (Å²) in [6.45, 7) is 7.73. The topological polar surface area (TPSA) is 49.6 Å². The first-order chi connectivity index (χ1) is 7.73. The number of carbonyl (C=O) groups is 1. The maximum atomic E-state index is 12.2. The van der Waals surface area contributed by atoms with Gasteiger partial charge in [-0.05, 0) is 32.4 Å². The van der Waals surface area contributed by atoms with E-state index in [0.717, 1.165) is 25.9 Å². The normalized spacial score (nSPS) is 20.8. The molecule has 0 bridgehead atoms. The lowest BCUT2D eigenvalue weighted by atomic mass is 9.86. The van der Waals surface area contributed by atoms with E-state index in [4.69, 9.17) is 5.73 Å². The van der Waals surface area contributed by atoms with Crippen molar-refractivity contribution in [2.45, 2.75) is 45.7 Å². The monoisotopic (exact) mass is 241 g/mol. The lowest BCUT2D eigenvalue weighted by molar-refractivity contribution is -0.136. The van der Waals surface area contributed by atoms with Gasteiger partial charge in [-0.25, -0.2) is 0 Å². The van der Waals surface area contributed by atoms with Gasteiger partial charge in [0.2, 0.25) is 5.91 Å². The highest BCUT2D eigenvalue weighted by molar-refractivity contribution is 5.82. The second-order valence-corrected chi connectivity index (χ2v) is 6.36. The molecule has 1 heterocycles. The van der Waals surface area contributed by atoms with Crippen molar-refractivity contribution in [2.24, 2.45) is 11.1 Å². The van der Waals surface area contributed by atoms with Gasteiger partial charge in [-0.3, -0.25) is 4.79 Å². The second kappa shape index (κ2) is 5.36. The Morgan fingerprint density at radius 3 is 2.12 bits per heavy atom. The molecule has 1 rings (SSSR count). The summed E-state index contributed by atoms with van der Waals surface area (Å²) >= 11 is 0. The zero-order chi connectivity index (χ0) is 13.2. The lowest BCUT2D eigenvalue weighted by Crippen LogP contribution is -2.53. The first-order valence-corrected chi connectivity index (χ1v) is 6.44. The van der Waals surface area contributed by atoms with Crippen molar-refractivity contribution in [1.29, 1.82) is 0 Å². The summed E-state index contributed by atoms with van der Waals surface area (Å²) in [7, 11) is 4.20. The van der Waals surface area contributed by atoms with E-state index in [2.05, 4.69) is 19.0 Å². The second-order valence-electron chi connectivity index (χ2n) is 6.36. The van der Waals surface area contributed by atoms with Gasteiger partial charge in [0.05, 0.1) is 6.04 Å². The SMILES string of the molecule is CN(C)C1CCN(C(=O)[C@H](N)C(C)(C)C)CC1. The van der Waals surface area contributed by atoms with Gasteiger partial charge in [0, 0.05) is 19.1 Å². The number of hydrogen-bond donors (Lipinski definition) is 1. The summed E-state index contributed by atoms with van der Waals surface area (Å²) in [5, 5.41) is 0. The standard InChI is InChI=1S/C13H27N3O/c1-13(2,3)11(14)12(17)16-8-6-10(7-9-16)15(4)5/h10-11H,6-9,14H2,1-5H3/t11-/m0/s1. The van der Waals surface area contributed by atoms with Crippen LogP contribution in [0.2, 0.25) is 0 Å². The highest BCUT2D eigenvalue weighted by Gasteiger charge is 2.33. The van der Waals surface area contributed by atoms with Gasteiger partial charge in [-0.15, -0.1) is 0 Å². The molecule has 1 aliphatic rings. The molecule has 1 fully saturated rings. The van der Waals surface area contributed by atoms with Gasteiger partial charge in [0.25, 0.3) is 0 Å². The molecule has 0 aromatic rings. The van der Waals surface area contributed by atoms with Crippen molar-refractivity contribution in [3.8, 4) is 0 Å². The predicted molar refractivity (Wildman–Crippen MR) is 70.7 cm³/mol. The van der Waals surface area contributed by atoms with E-state index in [1.54, 1.807) is 0 Å². The molecular formula is C13H27N3O. The zero-order valence-electron chi connectivity index (χ0n) is 11.9. The number of amides is 1. The van der Waals surface area contributed by atoms with E-state index in [1.807, 2.05) is 25.7 Å². The minimum Gasteiger partial charge on any atom is -0.341 e. The Labute approximate surface area is 105 Å². The van der Waals surface area contributed by atoms with E-state index in [-0.39, 0.29) is 11.3 Å². The van der Waals surface area contributed by atoms with Gasteiger partial charge in [-0.2, -0.15) is 0 Å². The number of likely N-dealkylation sites (tertiary alicyclic amines) is 1. The largest absolute Gasteiger partial charge is 0.341 e. The van der Waals surface area contributed by atoms with Crippen LogP contribution in [0.25, 0.3) is 0 Å². The Bertz CT molecular complexity index is 262. The Kier molecular flexibility index (Phi) is 4.55. The average Bonchev–Trinajstić information content (AvgIpc) is 2.26. The molecule has 0 aromatic heterocycles. The lowest BCUT2D eigenvalue weighted by Gasteiger charge is -2.38. The van der Waals surface area contributed by atoms with Gasteiger partial charge in [0.1, 0.15) is 0 Å². The molecule has 100 valence electrons. The maximum Gasteiger partial charge on any atom is 0.240 e. The molecule has 0 spiro atoms. The van der Waals surface area contributed by atoms with Crippen molar-refractivity contribution < 1.29 is 4.79 Å². The summed E-state index contributed by atoms with van der Waals surface area (Å²) in [4.78, 5) is 16.4. The third-order valence-corrected chi connectivity index (χ3v) is 3.71. The average molecular weight is 241 g/mol. The summed E-state index contributed by atoms with van der Waals surface area (Å²) in [5.74, 6) is 0.106. The molecule has 1 saturated heterocycles. The molecular weight excluding hydrogens is 214 g/mol. The molecule has 0 radical (unpaired) electrons. The quantitative estimate of drug-likeness (QED) is 0.782. The van der Waals surface area contributed by atoms with E-state index in [0.29, 0.717) is 6.04 Å². The number of hydrogen-bond acceptors (Lipinski definition) is 3. The highest BCUT2D eigenvalue weighted by Crippen LogP contribution is 2.21. The van der Waals surface area contributed by atoms with Crippen LogP contribution in [-0.2, 0) is 4.79 Å². The Morgan fingerprint density at radius 1 is 1.29 bits per heavy atom. The Hall–Kier alpha value is -0.610. The zero-order valence-corrected chi connectivity index (χ0v) is 11.9. The highest BCUT2D eigenvalue weighted by atomic mass is 16.2. The summed E-state index contributed by atoms with van der Waals surface area (Å²) < 4.78 is 0. The van der Waals surface area contributed by atoms with Crippen molar-refractivity contribution >= 4 is 5.91 Å². The van der Waals surface area contributed by atoms with Crippen LogP contribution in [0.15, 0.2) is 0 Å². The van der Waals surface area contributed by atoms with E-state index in [1.165, 1.54) is 0 Å². The third-order valence-electron chi connectivity index (χ3n) is 3.71. The van der Waals surface area contributed by atoms with Crippen LogP contribution in [0.1, 0.15) is 33.6 Å². The van der Waals surface area contributed by atoms with Crippen LogP contribution in [0.3, 0.4) is 0 Å². The Morgan fingerprint density at radius 2 is 1.76 bits per heavy atom. The van der Waals surface area contributed by atoms with Crippen LogP contribution in [0, 0.1) is 5.41 Å². The first kappa shape index (κ1) is 14.5. The molecule has 2 N–H and O–H groups in total. The number of nitrogens with two attached hydrogens (primary N) is 1. The number of nitrogens with zero attached hydrogens (tertiary/aromatic N) is 2. The van der Waals surface area contributed by atoms with Crippen LogP contribution < -0.4 is 5.73 Å². The van der Waals surface area contributed by atoms with Crippen molar-refractivity contribution in [3.63, 3.8) is 0 Å². The molecule has 17 heavy (non-hydrogen) atoms.